The molecule has 0 bridgehead atoms. The minimum Gasteiger partial charge on any atom is -0.348 e. The lowest BCUT2D eigenvalue weighted by atomic mass is 10.1. The van der Waals surface area contributed by atoms with E-state index in [1.54, 1.807) is 0 Å². The first kappa shape index (κ1) is 16.7. The van der Waals surface area contributed by atoms with Crippen molar-refractivity contribution in [2.45, 2.75) is 26.8 Å². The third kappa shape index (κ3) is 4.68. The molecule has 2 aromatic rings. The zero-order valence-corrected chi connectivity index (χ0v) is 13.7. The van der Waals surface area contributed by atoms with Crippen LogP contribution in [0.2, 0.25) is 0 Å². The molecule has 0 radical (unpaired) electrons. The number of carbonyl (C=O) groups excluding carboxylic acids is 2. The molecule has 0 aromatic heterocycles. The van der Waals surface area contributed by atoms with Crippen molar-refractivity contribution < 1.29 is 9.59 Å². The van der Waals surface area contributed by atoms with Crippen molar-refractivity contribution in [3.63, 3.8) is 0 Å². The molecule has 0 saturated carbocycles. The largest absolute Gasteiger partial charge is 0.348 e. The van der Waals surface area contributed by atoms with Crippen LogP contribution in [0.3, 0.4) is 0 Å². The standard InChI is InChI=1S/C19H22N2O2/c1-14-8-7-11-18(12-14)21(16(3)22)13-19(23)20-15(2)17-9-5-4-6-10-17/h4-12,15H,13H2,1-3H3,(H,20,23). The second kappa shape index (κ2) is 7.58. The lowest BCUT2D eigenvalue weighted by molar-refractivity contribution is -0.123. The summed E-state index contributed by atoms with van der Waals surface area (Å²) in [6.07, 6.45) is 0. The average Bonchev–Trinajstić information content (AvgIpc) is 2.53. The van der Waals surface area contributed by atoms with E-state index in [4.69, 9.17) is 0 Å². The van der Waals surface area contributed by atoms with Crippen LogP contribution < -0.4 is 10.2 Å². The average molecular weight is 310 g/mol. The molecular weight excluding hydrogens is 288 g/mol. The van der Waals surface area contributed by atoms with E-state index in [-0.39, 0.29) is 24.4 Å². The number of nitrogens with zero attached hydrogens (tertiary/aromatic N) is 1. The Bertz CT molecular complexity index is 683. The Kier molecular flexibility index (Phi) is 5.52. The molecule has 1 N–H and O–H groups in total. The maximum Gasteiger partial charge on any atom is 0.240 e. The third-order valence-corrected chi connectivity index (χ3v) is 3.67. The second-order valence-electron chi connectivity index (χ2n) is 5.64. The quantitative estimate of drug-likeness (QED) is 0.922. The van der Waals surface area contributed by atoms with Gasteiger partial charge in [0.25, 0.3) is 0 Å². The number of hydrogen-bond acceptors (Lipinski definition) is 2. The summed E-state index contributed by atoms with van der Waals surface area (Å²) < 4.78 is 0. The number of aryl methyl sites for hydroxylation is 1. The van der Waals surface area contributed by atoms with E-state index in [2.05, 4.69) is 5.32 Å². The summed E-state index contributed by atoms with van der Waals surface area (Å²) in [5.74, 6) is -0.337. The molecule has 2 rings (SSSR count). The highest BCUT2D eigenvalue weighted by Gasteiger charge is 2.17. The highest BCUT2D eigenvalue weighted by molar-refractivity contribution is 5.97. The van der Waals surface area contributed by atoms with Crippen LogP contribution in [0, 0.1) is 6.92 Å². The lowest BCUT2D eigenvalue weighted by Crippen LogP contribution is -2.40. The van der Waals surface area contributed by atoms with E-state index < -0.39 is 0 Å². The van der Waals surface area contributed by atoms with Crippen LogP contribution in [-0.2, 0) is 9.59 Å². The first-order chi connectivity index (χ1) is 11.0. The van der Waals surface area contributed by atoms with Gasteiger partial charge in [0, 0.05) is 12.6 Å². The monoisotopic (exact) mass is 310 g/mol. The molecule has 0 aliphatic carbocycles. The van der Waals surface area contributed by atoms with Gasteiger partial charge in [-0.3, -0.25) is 9.59 Å². The van der Waals surface area contributed by atoms with Crippen LogP contribution in [0.5, 0.6) is 0 Å². The Balaban J connectivity index is 2.05. The molecular formula is C19H22N2O2. The summed E-state index contributed by atoms with van der Waals surface area (Å²) in [4.78, 5) is 25.7. The summed E-state index contributed by atoms with van der Waals surface area (Å²) in [6.45, 7) is 5.36. The van der Waals surface area contributed by atoms with E-state index >= 15 is 0 Å². The molecule has 4 nitrogen and oxygen atoms in total. The maximum atomic E-state index is 12.3. The van der Waals surface area contributed by atoms with Crippen molar-refractivity contribution in [1.29, 1.82) is 0 Å². The smallest absolute Gasteiger partial charge is 0.240 e. The van der Waals surface area contributed by atoms with Crippen molar-refractivity contribution in [2.24, 2.45) is 0 Å². The molecule has 0 aliphatic heterocycles. The molecule has 23 heavy (non-hydrogen) atoms. The zero-order valence-electron chi connectivity index (χ0n) is 13.7. The highest BCUT2D eigenvalue weighted by atomic mass is 16.2. The van der Waals surface area contributed by atoms with E-state index in [1.807, 2.05) is 68.4 Å². The highest BCUT2D eigenvalue weighted by Crippen LogP contribution is 2.16. The molecule has 0 heterocycles. The fourth-order valence-corrected chi connectivity index (χ4v) is 2.44. The molecule has 1 unspecified atom stereocenters. The minimum atomic E-state index is -0.182. The van der Waals surface area contributed by atoms with E-state index in [9.17, 15) is 9.59 Å². The number of nitrogens with one attached hydrogen (secondary N) is 1. The molecule has 0 spiro atoms. The Morgan fingerprint density at radius 2 is 1.78 bits per heavy atom. The van der Waals surface area contributed by atoms with Crippen molar-refractivity contribution in [3.8, 4) is 0 Å². The molecule has 2 aromatic carbocycles. The van der Waals surface area contributed by atoms with E-state index in [0.29, 0.717) is 0 Å². The topological polar surface area (TPSA) is 49.4 Å². The molecule has 4 heteroatoms. The van der Waals surface area contributed by atoms with Crippen molar-refractivity contribution in [3.05, 3.63) is 65.7 Å². The Hall–Kier alpha value is -2.62. The number of anilines is 1. The molecule has 120 valence electrons. The fraction of sp³-hybridized carbons (Fsp3) is 0.263. The van der Waals surface area contributed by atoms with Crippen LogP contribution in [-0.4, -0.2) is 18.4 Å². The van der Waals surface area contributed by atoms with E-state index in [1.165, 1.54) is 11.8 Å². The molecule has 0 aliphatic rings. The second-order valence-corrected chi connectivity index (χ2v) is 5.64. The summed E-state index contributed by atoms with van der Waals surface area (Å²) in [5, 5.41) is 2.93. The SMILES string of the molecule is CC(=O)N(CC(=O)NC(C)c1ccccc1)c1cccc(C)c1. The summed E-state index contributed by atoms with van der Waals surface area (Å²) in [5.41, 5.74) is 2.82. The molecule has 0 saturated heterocycles. The lowest BCUT2D eigenvalue weighted by Gasteiger charge is -2.22. The zero-order chi connectivity index (χ0) is 16.8. The van der Waals surface area contributed by atoms with Gasteiger partial charge in [-0.15, -0.1) is 0 Å². The molecule has 1 atom stereocenters. The predicted octanol–water partition coefficient (Wildman–Crippen LogP) is 3.23. The van der Waals surface area contributed by atoms with Crippen LogP contribution in [0.1, 0.15) is 31.0 Å². The van der Waals surface area contributed by atoms with Gasteiger partial charge in [0.05, 0.1) is 6.04 Å². The summed E-state index contributed by atoms with van der Waals surface area (Å²) >= 11 is 0. The van der Waals surface area contributed by atoms with Gasteiger partial charge in [-0.1, -0.05) is 42.5 Å². The predicted molar refractivity (Wildman–Crippen MR) is 92.2 cm³/mol. The van der Waals surface area contributed by atoms with Crippen molar-refractivity contribution in [1.82, 2.24) is 5.32 Å². The van der Waals surface area contributed by atoms with Gasteiger partial charge in [0.2, 0.25) is 11.8 Å². The number of amides is 2. The van der Waals surface area contributed by atoms with Gasteiger partial charge in [-0.05, 0) is 37.1 Å². The Labute approximate surface area is 137 Å². The van der Waals surface area contributed by atoms with Gasteiger partial charge in [0.15, 0.2) is 0 Å². The van der Waals surface area contributed by atoms with Crippen LogP contribution in [0.4, 0.5) is 5.69 Å². The number of benzene rings is 2. The maximum absolute atomic E-state index is 12.3. The van der Waals surface area contributed by atoms with Gasteiger partial charge in [-0.25, -0.2) is 0 Å². The Morgan fingerprint density at radius 3 is 2.39 bits per heavy atom. The van der Waals surface area contributed by atoms with Gasteiger partial charge >= 0.3 is 0 Å². The van der Waals surface area contributed by atoms with E-state index in [0.717, 1.165) is 16.8 Å². The van der Waals surface area contributed by atoms with Crippen molar-refractivity contribution >= 4 is 17.5 Å². The normalized spacial score (nSPS) is 11.6. The number of hydrogen-bond donors (Lipinski definition) is 1. The molecule has 2 amide bonds. The van der Waals surface area contributed by atoms with Crippen LogP contribution in [0.25, 0.3) is 0 Å². The minimum absolute atomic E-state index is 0.00988. The summed E-state index contributed by atoms with van der Waals surface area (Å²) in [6, 6.07) is 17.2. The van der Waals surface area contributed by atoms with Gasteiger partial charge < -0.3 is 10.2 Å². The summed E-state index contributed by atoms with van der Waals surface area (Å²) in [7, 11) is 0. The van der Waals surface area contributed by atoms with Crippen molar-refractivity contribution in [2.75, 3.05) is 11.4 Å². The fourth-order valence-electron chi connectivity index (χ4n) is 2.44. The van der Waals surface area contributed by atoms with Crippen LogP contribution in [0.15, 0.2) is 54.6 Å². The first-order valence-electron chi connectivity index (χ1n) is 7.66. The Morgan fingerprint density at radius 1 is 1.09 bits per heavy atom. The van der Waals surface area contributed by atoms with Gasteiger partial charge in [0.1, 0.15) is 6.54 Å². The number of rotatable bonds is 5. The number of carbonyl (C=O) groups is 2. The third-order valence-electron chi connectivity index (χ3n) is 3.67. The van der Waals surface area contributed by atoms with Gasteiger partial charge in [-0.2, -0.15) is 0 Å². The van der Waals surface area contributed by atoms with Crippen LogP contribution >= 0.6 is 0 Å². The molecule has 0 fully saturated rings. The first-order valence-corrected chi connectivity index (χ1v) is 7.66.